The lowest BCUT2D eigenvalue weighted by molar-refractivity contribution is 0.367. The minimum Gasteiger partial charge on any atom is -0.389 e. The molecule has 2 rings (SSSR count). The maximum Gasteiger partial charge on any atom is 0.218 e. The SMILES string of the molecule is CC1CSCCN1S(=O)(=O)Cc1ccc(C(N)=S)cc1. The van der Waals surface area contributed by atoms with E-state index < -0.39 is 10.0 Å². The van der Waals surface area contributed by atoms with E-state index in [1.807, 2.05) is 6.92 Å². The molecule has 110 valence electrons. The molecule has 0 bridgehead atoms. The maximum absolute atomic E-state index is 12.5. The first-order chi connectivity index (χ1) is 9.40. The molecule has 0 amide bonds. The zero-order chi connectivity index (χ0) is 14.8. The van der Waals surface area contributed by atoms with Gasteiger partial charge in [0.15, 0.2) is 0 Å². The molecule has 1 aliphatic rings. The summed E-state index contributed by atoms with van der Waals surface area (Å²) in [4.78, 5) is 0.320. The quantitative estimate of drug-likeness (QED) is 0.850. The standard InChI is InChI=1S/C13H18N2O2S3/c1-10-8-19-7-6-15(10)20(16,17)9-11-2-4-12(5-3-11)13(14)18/h2-5,10H,6-9H2,1H3,(H2,14,18). The van der Waals surface area contributed by atoms with Crippen LogP contribution in [0.25, 0.3) is 0 Å². The lowest BCUT2D eigenvalue weighted by Crippen LogP contribution is -2.44. The van der Waals surface area contributed by atoms with Gasteiger partial charge in [0.1, 0.15) is 4.99 Å². The molecular weight excluding hydrogens is 312 g/mol. The fourth-order valence-electron chi connectivity index (χ4n) is 2.18. The third kappa shape index (κ3) is 3.72. The van der Waals surface area contributed by atoms with Crippen LogP contribution in [0.5, 0.6) is 0 Å². The fraction of sp³-hybridized carbons (Fsp3) is 0.462. The molecule has 0 radical (unpaired) electrons. The van der Waals surface area contributed by atoms with Gasteiger partial charge in [0.25, 0.3) is 0 Å². The first-order valence-electron chi connectivity index (χ1n) is 6.36. The molecule has 1 fully saturated rings. The van der Waals surface area contributed by atoms with Gasteiger partial charge in [-0.2, -0.15) is 16.1 Å². The molecule has 0 saturated carbocycles. The average Bonchev–Trinajstić information content (AvgIpc) is 2.39. The molecule has 2 N–H and O–H groups in total. The van der Waals surface area contributed by atoms with E-state index in [4.69, 9.17) is 18.0 Å². The van der Waals surface area contributed by atoms with E-state index in [1.54, 1.807) is 40.3 Å². The number of nitrogens with zero attached hydrogens (tertiary/aromatic N) is 1. The van der Waals surface area contributed by atoms with Crippen LogP contribution in [0.4, 0.5) is 0 Å². The molecule has 0 aromatic heterocycles. The van der Waals surface area contributed by atoms with Crippen LogP contribution in [0, 0.1) is 0 Å². The largest absolute Gasteiger partial charge is 0.389 e. The van der Waals surface area contributed by atoms with Crippen molar-refractivity contribution < 1.29 is 8.42 Å². The zero-order valence-corrected chi connectivity index (χ0v) is 13.7. The van der Waals surface area contributed by atoms with Crippen LogP contribution in [0.3, 0.4) is 0 Å². The fourth-order valence-corrected chi connectivity index (χ4v) is 5.32. The number of rotatable bonds is 4. The van der Waals surface area contributed by atoms with E-state index in [0.29, 0.717) is 11.5 Å². The summed E-state index contributed by atoms with van der Waals surface area (Å²) in [5, 5.41) is 0. The molecule has 20 heavy (non-hydrogen) atoms. The summed E-state index contributed by atoms with van der Waals surface area (Å²) < 4.78 is 26.5. The monoisotopic (exact) mass is 330 g/mol. The summed E-state index contributed by atoms with van der Waals surface area (Å²) >= 11 is 6.68. The van der Waals surface area contributed by atoms with E-state index in [-0.39, 0.29) is 11.8 Å². The molecule has 1 saturated heterocycles. The average molecular weight is 331 g/mol. The lowest BCUT2D eigenvalue weighted by Gasteiger charge is -2.32. The highest BCUT2D eigenvalue weighted by Gasteiger charge is 2.29. The topological polar surface area (TPSA) is 63.4 Å². The number of thiocarbonyl (C=S) groups is 1. The number of hydrogen-bond donors (Lipinski definition) is 1. The van der Waals surface area contributed by atoms with Gasteiger partial charge in [-0.25, -0.2) is 8.42 Å². The molecule has 4 nitrogen and oxygen atoms in total. The van der Waals surface area contributed by atoms with Gasteiger partial charge < -0.3 is 5.73 Å². The van der Waals surface area contributed by atoms with Crippen LogP contribution in [0.15, 0.2) is 24.3 Å². The van der Waals surface area contributed by atoms with Crippen LogP contribution in [-0.2, 0) is 15.8 Å². The minimum atomic E-state index is -3.26. The second kappa shape index (κ2) is 6.43. The van der Waals surface area contributed by atoms with Crippen molar-refractivity contribution in [3.05, 3.63) is 35.4 Å². The molecule has 1 atom stereocenters. The van der Waals surface area contributed by atoms with Crippen LogP contribution >= 0.6 is 24.0 Å². The Morgan fingerprint density at radius 3 is 2.65 bits per heavy atom. The maximum atomic E-state index is 12.5. The second-order valence-electron chi connectivity index (χ2n) is 4.85. The Hall–Kier alpha value is -0.630. The van der Waals surface area contributed by atoms with Crippen molar-refractivity contribution in [1.82, 2.24) is 4.31 Å². The van der Waals surface area contributed by atoms with Crippen molar-refractivity contribution in [2.75, 3.05) is 18.1 Å². The molecular formula is C13H18N2O2S3. The van der Waals surface area contributed by atoms with Crippen molar-refractivity contribution in [2.45, 2.75) is 18.7 Å². The summed E-state index contributed by atoms with van der Waals surface area (Å²) in [6, 6.07) is 7.14. The van der Waals surface area contributed by atoms with Crippen molar-refractivity contribution in [3.8, 4) is 0 Å². The number of nitrogens with two attached hydrogens (primary N) is 1. The highest BCUT2D eigenvalue weighted by Crippen LogP contribution is 2.22. The van der Waals surface area contributed by atoms with Crippen molar-refractivity contribution in [2.24, 2.45) is 5.73 Å². The number of thioether (sulfide) groups is 1. The third-order valence-corrected chi connectivity index (χ3v) is 6.63. The summed E-state index contributed by atoms with van der Waals surface area (Å²) in [5.74, 6) is 1.75. The highest BCUT2D eigenvalue weighted by molar-refractivity contribution is 7.99. The van der Waals surface area contributed by atoms with Crippen molar-refractivity contribution >= 4 is 39.0 Å². The highest BCUT2D eigenvalue weighted by atomic mass is 32.2. The molecule has 7 heteroatoms. The van der Waals surface area contributed by atoms with Gasteiger partial charge in [-0.1, -0.05) is 36.5 Å². The van der Waals surface area contributed by atoms with Gasteiger partial charge >= 0.3 is 0 Å². The van der Waals surface area contributed by atoms with Crippen LogP contribution < -0.4 is 5.73 Å². The van der Waals surface area contributed by atoms with Crippen LogP contribution in [0.2, 0.25) is 0 Å². The van der Waals surface area contributed by atoms with Crippen LogP contribution in [0.1, 0.15) is 18.1 Å². The Morgan fingerprint density at radius 2 is 2.10 bits per heavy atom. The van der Waals surface area contributed by atoms with Crippen molar-refractivity contribution in [3.63, 3.8) is 0 Å². The lowest BCUT2D eigenvalue weighted by atomic mass is 10.1. The minimum absolute atomic E-state index is 0.0274. The Balaban J connectivity index is 2.13. The Kier molecular flexibility index (Phi) is 5.06. The smallest absolute Gasteiger partial charge is 0.218 e. The third-order valence-electron chi connectivity index (χ3n) is 3.25. The predicted molar refractivity (Wildman–Crippen MR) is 88.4 cm³/mol. The number of sulfonamides is 1. The molecule has 1 heterocycles. The first kappa shape index (κ1) is 15.8. The Labute approximate surface area is 129 Å². The van der Waals surface area contributed by atoms with E-state index in [0.717, 1.165) is 22.6 Å². The van der Waals surface area contributed by atoms with Crippen molar-refractivity contribution in [1.29, 1.82) is 0 Å². The Morgan fingerprint density at radius 1 is 1.45 bits per heavy atom. The first-order valence-corrected chi connectivity index (χ1v) is 9.53. The molecule has 1 aromatic rings. The van der Waals surface area contributed by atoms with Gasteiger partial charge in [-0.15, -0.1) is 0 Å². The van der Waals surface area contributed by atoms with Gasteiger partial charge in [0.05, 0.1) is 5.75 Å². The zero-order valence-electron chi connectivity index (χ0n) is 11.3. The molecule has 1 aromatic carbocycles. The molecule has 0 aliphatic carbocycles. The van der Waals surface area contributed by atoms with E-state index >= 15 is 0 Å². The normalized spacial score (nSPS) is 20.8. The Bertz CT molecular complexity index is 584. The van der Waals surface area contributed by atoms with Crippen LogP contribution in [-0.4, -0.2) is 41.8 Å². The summed E-state index contributed by atoms with van der Waals surface area (Å²) in [6.07, 6.45) is 0. The van der Waals surface area contributed by atoms with E-state index in [9.17, 15) is 8.42 Å². The van der Waals surface area contributed by atoms with Gasteiger partial charge in [-0.05, 0) is 12.5 Å². The molecule has 1 unspecified atom stereocenters. The summed E-state index contributed by atoms with van der Waals surface area (Å²) in [5.41, 5.74) is 7.04. The predicted octanol–water partition coefficient (Wildman–Crippen LogP) is 1.59. The molecule has 0 spiro atoms. The summed E-state index contributed by atoms with van der Waals surface area (Å²) in [7, 11) is -3.26. The summed E-state index contributed by atoms with van der Waals surface area (Å²) in [6.45, 7) is 2.55. The van der Waals surface area contributed by atoms with E-state index in [1.165, 1.54) is 0 Å². The van der Waals surface area contributed by atoms with Gasteiger partial charge in [0.2, 0.25) is 10.0 Å². The van der Waals surface area contributed by atoms with Gasteiger partial charge in [-0.3, -0.25) is 0 Å². The molecule has 1 aliphatic heterocycles. The second-order valence-corrected chi connectivity index (χ2v) is 8.36. The van der Waals surface area contributed by atoms with E-state index in [2.05, 4.69) is 0 Å². The number of benzene rings is 1. The van der Waals surface area contributed by atoms with Gasteiger partial charge in [0, 0.05) is 29.7 Å². The number of hydrogen-bond acceptors (Lipinski definition) is 4.